The molecular formula is C26H30BrN5OS. The fourth-order valence-corrected chi connectivity index (χ4v) is 6.54. The van der Waals surface area contributed by atoms with E-state index in [2.05, 4.69) is 36.5 Å². The first-order valence-electron chi connectivity index (χ1n) is 12.1. The van der Waals surface area contributed by atoms with E-state index >= 15 is 0 Å². The first-order valence-corrected chi connectivity index (χ1v) is 13.7. The number of hydrogen-bond acceptors (Lipinski definition) is 6. The molecule has 2 N–H and O–H groups in total. The molecule has 1 amide bonds. The molecule has 0 spiro atoms. The Labute approximate surface area is 213 Å². The molecule has 34 heavy (non-hydrogen) atoms. The fraction of sp³-hybridized carbons (Fsp3) is 0.423. The lowest BCUT2D eigenvalue weighted by Crippen LogP contribution is -2.34. The molecule has 1 aliphatic carbocycles. The van der Waals surface area contributed by atoms with Gasteiger partial charge < -0.3 is 15.5 Å². The standard InChI is InChI=1S/C26H30BrN5OS/c27-19-8-4-9-20(14-19)31-25-24-21-11-13-32(16-22(21)34-26(24)30-17-29-25)23(33)10-5-12-28-15-18-6-2-1-3-7-18/h4-5,8-10,14,17-18,28H,1-3,6-7,11-13,15-16H2,(H,29,30,31). The van der Waals surface area contributed by atoms with Crippen molar-refractivity contribution in [1.82, 2.24) is 20.2 Å². The van der Waals surface area contributed by atoms with Crippen LogP contribution in [0.1, 0.15) is 42.5 Å². The summed E-state index contributed by atoms with van der Waals surface area (Å²) in [4.78, 5) is 26.0. The topological polar surface area (TPSA) is 70.2 Å². The molecule has 0 atom stereocenters. The zero-order chi connectivity index (χ0) is 23.3. The number of nitrogens with zero attached hydrogens (tertiary/aromatic N) is 3. The molecule has 1 aliphatic heterocycles. The third-order valence-electron chi connectivity index (χ3n) is 6.72. The molecule has 0 bridgehead atoms. The predicted octanol–water partition coefficient (Wildman–Crippen LogP) is 5.81. The molecule has 3 aromatic rings. The number of nitrogens with one attached hydrogen (secondary N) is 2. The Kier molecular flexibility index (Phi) is 7.57. The van der Waals surface area contributed by atoms with Crippen LogP contribution in [-0.4, -0.2) is 40.4 Å². The molecule has 2 aromatic heterocycles. The Hall–Kier alpha value is -2.29. The Morgan fingerprint density at radius 3 is 2.97 bits per heavy atom. The van der Waals surface area contributed by atoms with Crippen LogP contribution in [0.2, 0.25) is 0 Å². The van der Waals surface area contributed by atoms with Crippen molar-refractivity contribution in [2.45, 2.75) is 45.1 Å². The van der Waals surface area contributed by atoms with Crippen LogP contribution in [0.3, 0.4) is 0 Å². The summed E-state index contributed by atoms with van der Waals surface area (Å²) < 4.78 is 1.02. The maximum atomic E-state index is 12.8. The fourth-order valence-electron chi connectivity index (χ4n) is 4.94. The molecule has 8 heteroatoms. The molecule has 178 valence electrons. The number of hydrogen-bond donors (Lipinski definition) is 2. The van der Waals surface area contributed by atoms with Gasteiger partial charge in [-0.25, -0.2) is 9.97 Å². The normalized spacial score (nSPS) is 16.8. The third-order valence-corrected chi connectivity index (χ3v) is 8.33. The van der Waals surface area contributed by atoms with Crippen molar-refractivity contribution in [3.63, 3.8) is 0 Å². The van der Waals surface area contributed by atoms with E-state index in [0.717, 1.165) is 51.6 Å². The second-order valence-electron chi connectivity index (χ2n) is 9.12. The smallest absolute Gasteiger partial charge is 0.246 e. The van der Waals surface area contributed by atoms with Gasteiger partial charge >= 0.3 is 0 Å². The second kappa shape index (κ2) is 11.0. The highest BCUT2D eigenvalue weighted by molar-refractivity contribution is 9.10. The first-order chi connectivity index (χ1) is 16.7. The maximum absolute atomic E-state index is 12.8. The van der Waals surface area contributed by atoms with Gasteiger partial charge in [-0.1, -0.05) is 47.3 Å². The zero-order valence-electron chi connectivity index (χ0n) is 19.2. The van der Waals surface area contributed by atoms with Crippen molar-refractivity contribution >= 4 is 54.9 Å². The van der Waals surface area contributed by atoms with Crippen LogP contribution in [0.15, 0.2) is 47.2 Å². The van der Waals surface area contributed by atoms with Crippen molar-refractivity contribution < 1.29 is 4.79 Å². The monoisotopic (exact) mass is 539 g/mol. The number of benzene rings is 1. The molecule has 6 nitrogen and oxygen atoms in total. The lowest BCUT2D eigenvalue weighted by Gasteiger charge is -2.26. The predicted molar refractivity (Wildman–Crippen MR) is 143 cm³/mol. The van der Waals surface area contributed by atoms with Crippen molar-refractivity contribution in [1.29, 1.82) is 0 Å². The van der Waals surface area contributed by atoms with Crippen LogP contribution < -0.4 is 10.6 Å². The van der Waals surface area contributed by atoms with Gasteiger partial charge in [0.1, 0.15) is 17.0 Å². The summed E-state index contributed by atoms with van der Waals surface area (Å²) in [6.07, 6.45) is 12.9. The number of carbonyl (C=O) groups excluding carboxylic acids is 1. The van der Waals surface area contributed by atoms with Gasteiger partial charge in [-0.05, 0) is 55.5 Å². The third kappa shape index (κ3) is 5.50. The van der Waals surface area contributed by atoms with Gasteiger partial charge in [0.2, 0.25) is 5.91 Å². The Morgan fingerprint density at radius 2 is 2.12 bits per heavy atom. The van der Waals surface area contributed by atoms with Crippen LogP contribution in [0.4, 0.5) is 11.5 Å². The summed E-state index contributed by atoms with van der Waals surface area (Å²) in [6.45, 7) is 3.16. The average molecular weight is 541 g/mol. The summed E-state index contributed by atoms with van der Waals surface area (Å²) in [7, 11) is 0. The van der Waals surface area contributed by atoms with E-state index in [1.807, 2.05) is 35.2 Å². The summed E-state index contributed by atoms with van der Waals surface area (Å²) in [6, 6.07) is 8.05. The SMILES string of the molecule is O=C(C=CCNCC1CCCCC1)N1CCc2c(sc3ncnc(Nc4cccc(Br)c4)c23)C1. The van der Waals surface area contributed by atoms with E-state index in [0.29, 0.717) is 13.1 Å². The highest BCUT2D eigenvalue weighted by atomic mass is 79.9. The summed E-state index contributed by atoms with van der Waals surface area (Å²) in [5.41, 5.74) is 2.24. The van der Waals surface area contributed by atoms with Crippen LogP contribution in [0, 0.1) is 5.92 Å². The van der Waals surface area contributed by atoms with Gasteiger partial charge in [0.15, 0.2) is 0 Å². The second-order valence-corrected chi connectivity index (χ2v) is 11.1. The van der Waals surface area contributed by atoms with Gasteiger partial charge in [-0.2, -0.15) is 0 Å². The minimum absolute atomic E-state index is 0.0844. The Morgan fingerprint density at radius 1 is 1.24 bits per heavy atom. The molecule has 0 saturated heterocycles. The van der Waals surface area contributed by atoms with Crippen LogP contribution in [-0.2, 0) is 17.8 Å². The largest absolute Gasteiger partial charge is 0.340 e. The Bertz CT molecular complexity index is 1190. The molecular weight excluding hydrogens is 510 g/mol. The zero-order valence-corrected chi connectivity index (χ0v) is 21.6. The van der Waals surface area contributed by atoms with Gasteiger partial charge in [-0.3, -0.25) is 4.79 Å². The lowest BCUT2D eigenvalue weighted by molar-refractivity contribution is -0.126. The van der Waals surface area contributed by atoms with Gasteiger partial charge in [0.05, 0.1) is 11.9 Å². The van der Waals surface area contributed by atoms with Gasteiger partial charge in [0.25, 0.3) is 0 Å². The number of thiophene rings is 1. The van der Waals surface area contributed by atoms with Crippen molar-refractivity contribution in [2.75, 3.05) is 25.0 Å². The van der Waals surface area contributed by atoms with Crippen molar-refractivity contribution in [3.8, 4) is 0 Å². The molecule has 3 heterocycles. The first kappa shape index (κ1) is 23.5. The molecule has 1 aromatic carbocycles. The number of rotatable bonds is 7. The lowest BCUT2D eigenvalue weighted by atomic mass is 9.89. The molecule has 0 unspecified atom stereocenters. The quantitative estimate of drug-likeness (QED) is 0.293. The molecule has 0 radical (unpaired) electrons. The molecule has 2 aliphatic rings. The number of halogens is 1. The number of amides is 1. The van der Waals surface area contributed by atoms with Gasteiger partial charge in [-0.15, -0.1) is 11.3 Å². The molecule has 5 rings (SSSR count). The van der Waals surface area contributed by atoms with Crippen LogP contribution >= 0.6 is 27.3 Å². The van der Waals surface area contributed by atoms with E-state index in [9.17, 15) is 4.79 Å². The van der Waals surface area contributed by atoms with E-state index in [1.165, 1.54) is 42.5 Å². The molecule has 1 fully saturated rings. The van der Waals surface area contributed by atoms with Crippen molar-refractivity contribution in [2.24, 2.45) is 5.92 Å². The Balaban J connectivity index is 1.22. The minimum atomic E-state index is 0.0844. The number of anilines is 2. The summed E-state index contributed by atoms with van der Waals surface area (Å²) in [5, 5.41) is 8.02. The van der Waals surface area contributed by atoms with E-state index in [4.69, 9.17) is 0 Å². The molecule has 1 saturated carbocycles. The number of aromatic nitrogens is 2. The van der Waals surface area contributed by atoms with E-state index in [1.54, 1.807) is 23.7 Å². The van der Waals surface area contributed by atoms with E-state index < -0.39 is 0 Å². The van der Waals surface area contributed by atoms with Crippen LogP contribution in [0.5, 0.6) is 0 Å². The maximum Gasteiger partial charge on any atom is 0.246 e. The minimum Gasteiger partial charge on any atom is -0.340 e. The van der Waals surface area contributed by atoms with E-state index in [-0.39, 0.29) is 5.91 Å². The summed E-state index contributed by atoms with van der Waals surface area (Å²) in [5.74, 6) is 1.71. The summed E-state index contributed by atoms with van der Waals surface area (Å²) >= 11 is 5.19. The number of carbonyl (C=O) groups is 1. The average Bonchev–Trinajstić information content (AvgIpc) is 3.23. The number of fused-ring (bicyclic) bond motifs is 3. The van der Waals surface area contributed by atoms with Gasteiger partial charge in [0, 0.05) is 34.2 Å². The van der Waals surface area contributed by atoms with Crippen molar-refractivity contribution in [3.05, 3.63) is 57.7 Å². The van der Waals surface area contributed by atoms with Crippen LogP contribution in [0.25, 0.3) is 10.2 Å². The highest BCUT2D eigenvalue weighted by Crippen LogP contribution is 2.38. The highest BCUT2D eigenvalue weighted by Gasteiger charge is 2.25.